The Hall–Kier alpha value is -2.41. The Morgan fingerprint density at radius 1 is 1.33 bits per heavy atom. The van der Waals surface area contributed by atoms with Crippen molar-refractivity contribution < 1.29 is 13.2 Å². The molecule has 1 aromatic heterocycles. The molecule has 0 saturated carbocycles. The van der Waals surface area contributed by atoms with Gasteiger partial charge >= 0.3 is 0 Å². The maximum Gasteiger partial charge on any atom is 0.261 e. The average molecular weight is 346 g/mol. The zero-order valence-electron chi connectivity index (χ0n) is 13.2. The van der Waals surface area contributed by atoms with Crippen LogP contribution in [0.4, 0.5) is 0 Å². The van der Waals surface area contributed by atoms with E-state index in [-0.39, 0.29) is 11.3 Å². The second-order valence-corrected chi connectivity index (χ2v) is 7.85. The van der Waals surface area contributed by atoms with Gasteiger partial charge in [-0.2, -0.15) is 0 Å². The molecule has 1 amide bonds. The van der Waals surface area contributed by atoms with Gasteiger partial charge in [0.15, 0.2) is 9.84 Å². The van der Waals surface area contributed by atoms with Crippen molar-refractivity contribution in [2.24, 2.45) is 0 Å². The van der Waals surface area contributed by atoms with Crippen LogP contribution in [-0.4, -0.2) is 31.1 Å². The summed E-state index contributed by atoms with van der Waals surface area (Å²) in [4.78, 5) is 27.2. The molecule has 1 aliphatic rings. The lowest BCUT2D eigenvalue weighted by atomic mass is 10.1. The lowest BCUT2D eigenvalue weighted by molar-refractivity contribution is 0.0946. The summed E-state index contributed by atoms with van der Waals surface area (Å²) in [5.41, 5.74) is 1.30. The summed E-state index contributed by atoms with van der Waals surface area (Å²) in [6, 6.07) is 6.68. The number of aryl methyl sites for hydroxylation is 1. The van der Waals surface area contributed by atoms with E-state index in [1.54, 1.807) is 0 Å². The predicted molar refractivity (Wildman–Crippen MR) is 92.7 cm³/mol. The molecule has 0 fully saturated rings. The van der Waals surface area contributed by atoms with Crippen LogP contribution >= 0.6 is 0 Å². The van der Waals surface area contributed by atoms with E-state index in [0.29, 0.717) is 5.52 Å². The Morgan fingerprint density at radius 3 is 2.79 bits per heavy atom. The summed E-state index contributed by atoms with van der Waals surface area (Å²) in [5, 5.41) is 4.40. The zero-order chi connectivity index (χ0) is 17.3. The number of aromatic amines is 1. The predicted octanol–water partition coefficient (Wildman–Crippen LogP) is 1.52. The highest BCUT2D eigenvalue weighted by atomic mass is 32.2. The minimum Gasteiger partial charge on any atom is -0.345 e. The summed E-state index contributed by atoms with van der Waals surface area (Å²) in [6.45, 7) is 2.08. The number of hydrogen-bond acceptors (Lipinski definition) is 4. The molecule has 0 radical (unpaired) electrons. The Balaban J connectivity index is 1.88. The van der Waals surface area contributed by atoms with Crippen LogP contribution in [0.3, 0.4) is 0 Å². The highest BCUT2D eigenvalue weighted by Crippen LogP contribution is 2.15. The monoisotopic (exact) mass is 346 g/mol. The average Bonchev–Trinajstić information content (AvgIpc) is 2.85. The standard InChI is InChI=1S/C17H18N2O4S/c1-2-3-11-4-5-12-9-14(17(21)19-15(12)8-11)16(20)18-13-6-7-24(22,23)10-13/h4-9,13H,2-3,10H2,1H3,(H,18,20)(H,19,21)/t13-/m1/s1. The number of carbonyl (C=O) groups excluding carboxylic acids is 1. The van der Waals surface area contributed by atoms with E-state index in [9.17, 15) is 18.0 Å². The maximum absolute atomic E-state index is 12.3. The molecule has 6 nitrogen and oxygen atoms in total. The molecule has 24 heavy (non-hydrogen) atoms. The quantitative estimate of drug-likeness (QED) is 0.877. The van der Waals surface area contributed by atoms with Crippen molar-refractivity contribution in [3.63, 3.8) is 0 Å². The van der Waals surface area contributed by atoms with Gasteiger partial charge in [-0.15, -0.1) is 0 Å². The number of benzene rings is 1. The molecule has 0 spiro atoms. The Kier molecular flexibility index (Phi) is 4.28. The second kappa shape index (κ2) is 6.24. The van der Waals surface area contributed by atoms with Gasteiger partial charge in [0.05, 0.1) is 11.8 Å². The van der Waals surface area contributed by atoms with E-state index in [2.05, 4.69) is 17.2 Å². The molecule has 0 bridgehead atoms. The van der Waals surface area contributed by atoms with Crippen LogP contribution in [0, 0.1) is 0 Å². The van der Waals surface area contributed by atoms with Crippen LogP contribution < -0.4 is 10.9 Å². The van der Waals surface area contributed by atoms with Crippen LogP contribution in [0.2, 0.25) is 0 Å². The van der Waals surface area contributed by atoms with Crippen LogP contribution in [0.1, 0.15) is 29.3 Å². The van der Waals surface area contributed by atoms with Gasteiger partial charge in [0.1, 0.15) is 5.56 Å². The largest absolute Gasteiger partial charge is 0.345 e. The molecule has 0 aliphatic carbocycles. The Bertz CT molecular complexity index is 989. The number of nitrogens with one attached hydrogen (secondary N) is 2. The van der Waals surface area contributed by atoms with Crippen LogP contribution in [0.25, 0.3) is 10.9 Å². The number of rotatable bonds is 4. The molecule has 1 aromatic carbocycles. The van der Waals surface area contributed by atoms with Gasteiger partial charge < -0.3 is 10.3 Å². The van der Waals surface area contributed by atoms with Gasteiger partial charge in [0.2, 0.25) is 0 Å². The number of carbonyl (C=O) groups is 1. The van der Waals surface area contributed by atoms with E-state index >= 15 is 0 Å². The fourth-order valence-corrected chi connectivity index (χ4v) is 4.01. The Labute approximate surface area is 139 Å². The zero-order valence-corrected chi connectivity index (χ0v) is 14.0. The lowest BCUT2D eigenvalue weighted by Gasteiger charge is -2.10. The minimum atomic E-state index is -3.26. The number of aromatic nitrogens is 1. The number of hydrogen-bond donors (Lipinski definition) is 2. The van der Waals surface area contributed by atoms with E-state index in [4.69, 9.17) is 0 Å². The van der Waals surface area contributed by atoms with Crippen LogP contribution in [0.5, 0.6) is 0 Å². The third kappa shape index (κ3) is 3.41. The van der Waals surface area contributed by atoms with Crippen molar-refractivity contribution in [2.75, 3.05) is 5.75 Å². The lowest BCUT2D eigenvalue weighted by Crippen LogP contribution is -2.38. The fraction of sp³-hybridized carbons (Fsp3) is 0.294. The van der Waals surface area contributed by atoms with E-state index in [0.717, 1.165) is 29.2 Å². The van der Waals surface area contributed by atoms with Gasteiger partial charge in [0.25, 0.3) is 11.5 Å². The van der Waals surface area contributed by atoms with Crippen molar-refractivity contribution in [3.05, 3.63) is 57.2 Å². The molecule has 7 heteroatoms. The SMILES string of the molecule is CCCc1ccc2cc(C(=O)N[C@@H]3C=CS(=O)(=O)C3)c(=O)[nH]c2c1. The van der Waals surface area contributed by atoms with Crippen molar-refractivity contribution >= 4 is 26.6 Å². The number of fused-ring (bicyclic) bond motifs is 1. The topological polar surface area (TPSA) is 96.1 Å². The highest BCUT2D eigenvalue weighted by molar-refractivity contribution is 7.94. The summed E-state index contributed by atoms with van der Waals surface area (Å²) in [6.07, 6.45) is 3.34. The van der Waals surface area contributed by atoms with E-state index < -0.39 is 27.3 Å². The minimum absolute atomic E-state index is 0.0246. The molecule has 2 heterocycles. The van der Waals surface area contributed by atoms with Crippen molar-refractivity contribution in [1.29, 1.82) is 0 Å². The second-order valence-electron chi connectivity index (χ2n) is 5.92. The normalized spacial score (nSPS) is 18.8. The van der Waals surface area contributed by atoms with Gasteiger partial charge in [-0.05, 0) is 35.6 Å². The Morgan fingerprint density at radius 2 is 2.12 bits per heavy atom. The van der Waals surface area contributed by atoms with Gasteiger partial charge in [-0.3, -0.25) is 9.59 Å². The van der Waals surface area contributed by atoms with E-state index in [1.165, 1.54) is 12.1 Å². The first-order chi connectivity index (χ1) is 11.4. The van der Waals surface area contributed by atoms with Gasteiger partial charge in [-0.1, -0.05) is 25.5 Å². The molecule has 1 aliphatic heterocycles. The number of pyridine rings is 1. The molecule has 3 rings (SSSR count). The molecule has 126 valence electrons. The van der Waals surface area contributed by atoms with Crippen LogP contribution in [0.15, 0.2) is 40.5 Å². The summed E-state index contributed by atoms with van der Waals surface area (Å²) in [7, 11) is -3.26. The molecular formula is C17H18N2O4S. The van der Waals surface area contributed by atoms with Gasteiger partial charge in [0, 0.05) is 10.9 Å². The first kappa shape index (κ1) is 16.4. The van der Waals surface area contributed by atoms with Crippen molar-refractivity contribution in [1.82, 2.24) is 10.3 Å². The molecule has 2 aromatic rings. The molecular weight excluding hydrogens is 328 g/mol. The van der Waals surface area contributed by atoms with E-state index in [1.807, 2.05) is 18.2 Å². The fourth-order valence-electron chi connectivity index (χ4n) is 2.77. The summed E-state index contributed by atoms with van der Waals surface area (Å²) in [5.74, 6) is -0.757. The van der Waals surface area contributed by atoms with Crippen LogP contribution in [-0.2, 0) is 16.3 Å². The number of sulfone groups is 1. The number of H-pyrrole nitrogens is 1. The van der Waals surface area contributed by atoms with Crippen molar-refractivity contribution in [3.8, 4) is 0 Å². The third-order valence-electron chi connectivity index (χ3n) is 3.94. The first-order valence-electron chi connectivity index (χ1n) is 7.76. The number of amides is 1. The highest BCUT2D eigenvalue weighted by Gasteiger charge is 2.24. The summed E-state index contributed by atoms with van der Waals surface area (Å²) < 4.78 is 22.8. The van der Waals surface area contributed by atoms with Crippen molar-refractivity contribution in [2.45, 2.75) is 25.8 Å². The molecule has 2 N–H and O–H groups in total. The first-order valence-corrected chi connectivity index (χ1v) is 9.47. The maximum atomic E-state index is 12.3. The molecule has 0 saturated heterocycles. The summed E-state index contributed by atoms with van der Waals surface area (Å²) >= 11 is 0. The molecule has 0 unspecified atom stereocenters. The third-order valence-corrected chi connectivity index (χ3v) is 5.34. The van der Waals surface area contributed by atoms with Gasteiger partial charge in [-0.25, -0.2) is 8.42 Å². The smallest absolute Gasteiger partial charge is 0.261 e. The molecule has 1 atom stereocenters.